The summed E-state index contributed by atoms with van der Waals surface area (Å²) in [5, 5.41) is 0. The van der Waals surface area contributed by atoms with Crippen LogP contribution in [0.25, 0.3) is 0 Å². The van der Waals surface area contributed by atoms with Gasteiger partial charge in [-0.15, -0.1) is 11.3 Å². The molecule has 2 N–H and O–H groups in total. The van der Waals surface area contributed by atoms with E-state index in [2.05, 4.69) is 11.9 Å². The first-order valence-corrected chi connectivity index (χ1v) is 6.45. The maximum atomic E-state index is 5.71. The van der Waals surface area contributed by atoms with E-state index in [1.807, 2.05) is 18.0 Å². The Kier molecular flexibility index (Phi) is 5.09. The summed E-state index contributed by atoms with van der Waals surface area (Å²) in [6.45, 7) is 2.92. The molecule has 0 aliphatic heterocycles. The monoisotopic (exact) mass is 236 g/mol. The van der Waals surface area contributed by atoms with Crippen molar-refractivity contribution in [2.24, 2.45) is 11.7 Å². The predicted molar refractivity (Wildman–Crippen MR) is 61.5 cm³/mol. The van der Waals surface area contributed by atoms with Crippen LogP contribution >= 0.6 is 34.7 Å². The van der Waals surface area contributed by atoms with Gasteiger partial charge in [-0.2, -0.15) is 11.8 Å². The van der Waals surface area contributed by atoms with Gasteiger partial charge in [0.15, 0.2) is 4.47 Å². The first kappa shape index (κ1) is 11.3. The second kappa shape index (κ2) is 5.86. The molecule has 5 heteroatoms. The highest BCUT2D eigenvalue weighted by atomic mass is 35.5. The van der Waals surface area contributed by atoms with Crippen molar-refractivity contribution in [1.29, 1.82) is 0 Å². The molecular formula is C8H13ClN2S2. The fourth-order valence-electron chi connectivity index (χ4n) is 0.779. The minimum atomic E-state index is 0.591. The number of hydrogen-bond donors (Lipinski definition) is 1. The molecule has 0 amide bonds. The van der Waals surface area contributed by atoms with Crippen LogP contribution in [0.3, 0.4) is 0 Å². The van der Waals surface area contributed by atoms with Crippen molar-refractivity contribution in [2.75, 3.05) is 12.3 Å². The molecule has 1 atom stereocenters. The zero-order valence-electron chi connectivity index (χ0n) is 7.50. The van der Waals surface area contributed by atoms with E-state index in [1.165, 1.54) is 4.88 Å². The Morgan fingerprint density at radius 2 is 2.54 bits per heavy atom. The number of aromatic nitrogens is 1. The summed E-state index contributed by atoms with van der Waals surface area (Å²) in [7, 11) is 0. The van der Waals surface area contributed by atoms with Gasteiger partial charge in [0.1, 0.15) is 0 Å². The maximum absolute atomic E-state index is 5.71. The van der Waals surface area contributed by atoms with Crippen LogP contribution in [0.4, 0.5) is 0 Å². The Bertz CT molecular complexity index is 252. The molecule has 0 aromatic carbocycles. The Labute approximate surface area is 91.9 Å². The molecule has 0 saturated heterocycles. The minimum Gasteiger partial charge on any atom is -0.330 e. The Balaban J connectivity index is 2.20. The van der Waals surface area contributed by atoms with Gasteiger partial charge in [-0.1, -0.05) is 18.5 Å². The van der Waals surface area contributed by atoms with E-state index < -0.39 is 0 Å². The number of thioether (sulfide) groups is 1. The van der Waals surface area contributed by atoms with Gasteiger partial charge < -0.3 is 5.73 Å². The highest BCUT2D eigenvalue weighted by Gasteiger charge is 2.02. The number of hydrogen-bond acceptors (Lipinski definition) is 4. The molecule has 0 bridgehead atoms. The highest BCUT2D eigenvalue weighted by Crippen LogP contribution is 2.23. The largest absolute Gasteiger partial charge is 0.330 e. The van der Waals surface area contributed by atoms with Crippen LogP contribution in [-0.4, -0.2) is 17.3 Å². The highest BCUT2D eigenvalue weighted by molar-refractivity contribution is 7.98. The lowest BCUT2D eigenvalue weighted by Crippen LogP contribution is -2.12. The summed E-state index contributed by atoms with van der Waals surface area (Å²) in [4.78, 5) is 5.22. The average Bonchev–Trinajstić information content (AvgIpc) is 2.51. The third-order valence-corrected chi connectivity index (χ3v) is 4.19. The fraction of sp³-hybridized carbons (Fsp3) is 0.625. The zero-order valence-corrected chi connectivity index (χ0v) is 9.88. The lowest BCUT2D eigenvalue weighted by molar-refractivity contribution is 0.675. The van der Waals surface area contributed by atoms with E-state index in [1.54, 1.807) is 11.3 Å². The Hall–Kier alpha value is 0.230. The molecule has 0 aliphatic carbocycles. The van der Waals surface area contributed by atoms with Gasteiger partial charge in [0, 0.05) is 16.8 Å². The summed E-state index contributed by atoms with van der Waals surface area (Å²) in [6, 6.07) is 0. The van der Waals surface area contributed by atoms with E-state index >= 15 is 0 Å². The van der Waals surface area contributed by atoms with Gasteiger partial charge in [0.25, 0.3) is 0 Å². The third kappa shape index (κ3) is 4.31. The van der Waals surface area contributed by atoms with E-state index in [0.717, 1.165) is 18.1 Å². The standard InChI is InChI=1S/C8H13ClN2S2/c1-6(2-10)4-12-5-7-3-11-8(9)13-7/h3,6H,2,4-5,10H2,1H3. The first-order valence-electron chi connectivity index (χ1n) is 4.10. The predicted octanol–water partition coefficient (Wildman–Crippen LogP) is 2.62. The second-order valence-electron chi connectivity index (χ2n) is 2.94. The lowest BCUT2D eigenvalue weighted by atomic mass is 10.2. The second-order valence-corrected chi connectivity index (χ2v) is 5.66. The first-order chi connectivity index (χ1) is 6.22. The number of rotatable bonds is 5. The van der Waals surface area contributed by atoms with E-state index in [9.17, 15) is 0 Å². The minimum absolute atomic E-state index is 0.591. The van der Waals surface area contributed by atoms with Crippen molar-refractivity contribution in [1.82, 2.24) is 4.98 Å². The molecular weight excluding hydrogens is 224 g/mol. The van der Waals surface area contributed by atoms with Gasteiger partial charge >= 0.3 is 0 Å². The summed E-state index contributed by atoms with van der Waals surface area (Å²) in [5.74, 6) is 2.69. The molecule has 0 saturated carbocycles. The summed E-state index contributed by atoms with van der Waals surface area (Å²) >= 11 is 9.14. The fourth-order valence-corrected chi connectivity index (χ4v) is 2.97. The van der Waals surface area contributed by atoms with E-state index in [-0.39, 0.29) is 0 Å². The van der Waals surface area contributed by atoms with Gasteiger partial charge in [0.05, 0.1) is 0 Å². The molecule has 1 heterocycles. The number of halogens is 1. The average molecular weight is 237 g/mol. The molecule has 0 radical (unpaired) electrons. The Morgan fingerprint density at radius 3 is 3.08 bits per heavy atom. The van der Waals surface area contributed by atoms with Crippen LogP contribution < -0.4 is 5.73 Å². The summed E-state index contributed by atoms with van der Waals surface area (Å²) in [6.07, 6.45) is 1.84. The Morgan fingerprint density at radius 1 is 1.77 bits per heavy atom. The molecule has 1 unspecified atom stereocenters. The van der Waals surface area contributed by atoms with Crippen molar-refractivity contribution in [3.63, 3.8) is 0 Å². The van der Waals surface area contributed by atoms with Crippen molar-refractivity contribution in [2.45, 2.75) is 12.7 Å². The van der Waals surface area contributed by atoms with E-state index in [0.29, 0.717) is 10.4 Å². The van der Waals surface area contributed by atoms with Crippen molar-refractivity contribution < 1.29 is 0 Å². The summed E-state index contributed by atoms with van der Waals surface area (Å²) in [5.41, 5.74) is 5.51. The van der Waals surface area contributed by atoms with Crippen molar-refractivity contribution in [3.8, 4) is 0 Å². The summed E-state index contributed by atoms with van der Waals surface area (Å²) < 4.78 is 0.627. The molecule has 1 aromatic heterocycles. The molecule has 0 spiro atoms. The van der Waals surface area contributed by atoms with Crippen LogP contribution in [0.2, 0.25) is 4.47 Å². The topological polar surface area (TPSA) is 38.9 Å². The van der Waals surface area contributed by atoms with Crippen LogP contribution in [0.5, 0.6) is 0 Å². The lowest BCUT2D eigenvalue weighted by Gasteiger charge is -2.05. The quantitative estimate of drug-likeness (QED) is 0.854. The molecule has 0 fully saturated rings. The van der Waals surface area contributed by atoms with Gasteiger partial charge in [0.2, 0.25) is 0 Å². The van der Waals surface area contributed by atoms with Crippen LogP contribution in [0, 0.1) is 5.92 Å². The molecule has 2 nitrogen and oxygen atoms in total. The van der Waals surface area contributed by atoms with Crippen LogP contribution in [-0.2, 0) is 5.75 Å². The van der Waals surface area contributed by atoms with Gasteiger partial charge in [-0.3, -0.25) is 0 Å². The maximum Gasteiger partial charge on any atom is 0.183 e. The van der Waals surface area contributed by atoms with E-state index in [4.69, 9.17) is 17.3 Å². The van der Waals surface area contributed by atoms with Crippen molar-refractivity contribution >= 4 is 34.7 Å². The molecule has 1 aromatic rings. The number of nitrogens with two attached hydrogens (primary N) is 1. The molecule has 74 valence electrons. The van der Waals surface area contributed by atoms with Crippen LogP contribution in [0.1, 0.15) is 11.8 Å². The van der Waals surface area contributed by atoms with Gasteiger partial charge in [-0.25, -0.2) is 4.98 Å². The zero-order chi connectivity index (χ0) is 9.68. The van der Waals surface area contributed by atoms with Gasteiger partial charge in [-0.05, 0) is 18.2 Å². The molecule has 13 heavy (non-hydrogen) atoms. The number of nitrogens with zero attached hydrogens (tertiary/aromatic N) is 1. The third-order valence-electron chi connectivity index (χ3n) is 1.57. The smallest absolute Gasteiger partial charge is 0.183 e. The molecule has 0 aliphatic rings. The normalized spacial score (nSPS) is 13.2. The van der Waals surface area contributed by atoms with Crippen LogP contribution in [0.15, 0.2) is 6.20 Å². The SMILES string of the molecule is CC(CN)CSCc1cnc(Cl)s1. The molecule has 1 rings (SSSR count). The number of thiazole rings is 1. The van der Waals surface area contributed by atoms with Crippen molar-refractivity contribution in [3.05, 3.63) is 15.5 Å².